The molecule has 0 saturated heterocycles. The lowest BCUT2D eigenvalue weighted by Gasteiger charge is -2.30. The molecule has 0 aromatic heterocycles. The van der Waals surface area contributed by atoms with E-state index in [0.29, 0.717) is 0 Å². The van der Waals surface area contributed by atoms with E-state index < -0.39 is 0 Å². The van der Waals surface area contributed by atoms with E-state index in [1.807, 2.05) is 0 Å². The highest BCUT2D eigenvalue weighted by atomic mass is 32.1. The third-order valence-electron chi connectivity index (χ3n) is 3.68. The molecule has 2 nitrogen and oxygen atoms in total. The molecule has 0 heterocycles. The first kappa shape index (κ1) is 15.3. The van der Waals surface area contributed by atoms with E-state index in [9.17, 15) is 0 Å². The van der Waals surface area contributed by atoms with E-state index in [2.05, 4.69) is 30.2 Å². The zero-order valence-corrected chi connectivity index (χ0v) is 12.4. The molecule has 0 aliphatic heterocycles. The summed E-state index contributed by atoms with van der Waals surface area (Å²) < 4.78 is 0.194. The van der Waals surface area contributed by atoms with Crippen LogP contribution in [0.2, 0.25) is 0 Å². The van der Waals surface area contributed by atoms with Gasteiger partial charge in [0.05, 0.1) is 0 Å². The van der Waals surface area contributed by atoms with Crippen LogP contribution >= 0.6 is 24.8 Å². The van der Waals surface area contributed by atoms with Gasteiger partial charge in [0.15, 0.2) is 0 Å². The second-order valence-electron chi connectivity index (χ2n) is 5.17. The number of thiol groups is 1. The van der Waals surface area contributed by atoms with Crippen LogP contribution in [-0.2, 0) is 0 Å². The fourth-order valence-corrected chi connectivity index (χ4v) is 2.87. The van der Waals surface area contributed by atoms with Gasteiger partial charge in [-0.3, -0.25) is 0 Å². The Morgan fingerprint density at radius 2 is 1.18 bits per heavy atom. The Bertz CT molecular complexity index is 189. The fraction of sp³-hybridized carbons (Fsp3) is 0.923. The number of hydrogen-bond donors (Lipinski definition) is 3. The molecule has 0 aromatic carbocycles. The van der Waals surface area contributed by atoms with Crippen molar-refractivity contribution in [2.24, 2.45) is 5.73 Å². The number of rotatable bonds is 2. The molecule has 100 valence electrons. The van der Waals surface area contributed by atoms with E-state index in [1.165, 1.54) is 64.2 Å². The SMILES string of the molecule is C1CCC(NC2CCCCC2)CC1.NC(=S)S. The van der Waals surface area contributed by atoms with Crippen molar-refractivity contribution in [1.82, 2.24) is 5.32 Å². The van der Waals surface area contributed by atoms with Gasteiger partial charge in [-0.25, -0.2) is 0 Å². The van der Waals surface area contributed by atoms with Crippen LogP contribution < -0.4 is 11.1 Å². The van der Waals surface area contributed by atoms with Gasteiger partial charge in [0.2, 0.25) is 0 Å². The molecule has 4 heteroatoms. The summed E-state index contributed by atoms with van der Waals surface area (Å²) in [6.07, 6.45) is 14.6. The molecule has 0 bridgehead atoms. The van der Waals surface area contributed by atoms with Gasteiger partial charge in [0, 0.05) is 12.1 Å². The van der Waals surface area contributed by atoms with Crippen LogP contribution in [0.25, 0.3) is 0 Å². The molecule has 2 rings (SSSR count). The molecule has 17 heavy (non-hydrogen) atoms. The monoisotopic (exact) mass is 274 g/mol. The maximum atomic E-state index is 4.71. The minimum atomic E-state index is 0.194. The lowest BCUT2D eigenvalue weighted by molar-refractivity contribution is 0.291. The number of nitrogens with one attached hydrogen (secondary N) is 1. The van der Waals surface area contributed by atoms with Crippen molar-refractivity contribution in [1.29, 1.82) is 0 Å². The minimum absolute atomic E-state index is 0.194. The predicted octanol–water partition coefficient (Wildman–Crippen LogP) is 3.40. The minimum Gasteiger partial charge on any atom is -0.385 e. The summed E-state index contributed by atoms with van der Waals surface area (Å²) in [6.45, 7) is 0. The fourth-order valence-electron chi connectivity index (χ4n) is 2.87. The van der Waals surface area contributed by atoms with Gasteiger partial charge in [-0.2, -0.15) is 0 Å². The molecule has 2 aliphatic rings. The smallest absolute Gasteiger partial charge is 0.128 e. The molecule has 2 fully saturated rings. The van der Waals surface area contributed by atoms with E-state index in [0.717, 1.165) is 12.1 Å². The summed E-state index contributed by atoms with van der Waals surface area (Å²) in [6, 6.07) is 1.74. The van der Waals surface area contributed by atoms with Crippen LogP contribution in [0.15, 0.2) is 0 Å². The molecule has 0 aromatic rings. The molecule has 0 atom stereocenters. The van der Waals surface area contributed by atoms with Crippen molar-refractivity contribution in [2.75, 3.05) is 0 Å². The molecule has 0 unspecified atom stereocenters. The number of thiocarbonyl (C=S) groups is 1. The van der Waals surface area contributed by atoms with Gasteiger partial charge in [0.25, 0.3) is 0 Å². The molecule has 0 spiro atoms. The average molecular weight is 274 g/mol. The highest BCUT2D eigenvalue weighted by Gasteiger charge is 2.19. The first-order valence-corrected chi connectivity index (χ1v) is 7.78. The summed E-state index contributed by atoms with van der Waals surface area (Å²) in [4.78, 5) is 0. The Balaban J connectivity index is 0.000000317. The Morgan fingerprint density at radius 1 is 0.882 bits per heavy atom. The lowest BCUT2D eigenvalue weighted by atomic mass is 9.91. The quantitative estimate of drug-likeness (QED) is 0.534. The van der Waals surface area contributed by atoms with Crippen molar-refractivity contribution in [3.8, 4) is 0 Å². The van der Waals surface area contributed by atoms with Gasteiger partial charge in [-0.1, -0.05) is 50.7 Å². The Labute approximate surface area is 117 Å². The number of nitrogens with two attached hydrogens (primary N) is 1. The van der Waals surface area contributed by atoms with Crippen LogP contribution in [-0.4, -0.2) is 16.4 Å². The van der Waals surface area contributed by atoms with E-state index in [1.54, 1.807) is 0 Å². The van der Waals surface area contributed by atoms with Crippen molar-refractivity contribution < 1.29 is 0 Å². The zero-order valence-electron chi connectivity index (χ0n) is 10.7. The van der Waals surface area contributed by atoms with Gasteiger partial charge >= 0.3 is 0 Å². The predicted molar refractivity (Wildman–Crippen MR) is 82.7 cm³/mol. The van der Waals surface area contributed by atoms with E-state index >= 15 is 0 Å². The molecule has 0 radical (unpaired) electrons. The first-order valence-electron chi connectivity index (χ1n) is 6.93. The Morgan fingerprint density at radius 3 is 1.47 bits per heavy atom. The van der Waals surface area contributed by atoms with Crippen molar-refractivity contribution in [3.05, 3.63) is 0 Å². The highest BCUT2D eigenvalue weighted by Crippen LogP contribution is 2.22. The molecule has 2 saturated carbocycles. The summed E-state index contributed by atoms with van der Waals surface area (Å²) in [5.41, 5.74) is 4.71. The molecule has 0 amide bonds. The topological polar surface area (TPSA) is 38.0 Å². The summed E-state index contributed by atoms with van der Waals surface area (Å²) in [5, 5.41) is 3.86. The second kappa shape index (κ2) is 9.17. The summed E-state index contributed by atoms with van der Waals surface area (Å²) in [7, 11) is 0. The Hall–Kier alpha value is 0.200. The van der Waals surface area contributed by atoms with Gasteiger partial charge in [-0.05, 0) is 25.7 Å². The van der Waals surface area contributed by atoms with Crippen LogP contribution in [0, 0.1) is 0 Å². The molecular weight excluding hydrogens is 248 g/mol. The van der Waals surface area contributed by atoms with Gasteiger partial charge < -0.3 is 11.1 Å². The van der Waals surface area contributed by atoms with Crippen LogP contribution in [0.1, 0.15) is 64.2 Å². The number of hydrogen-bond acceptors (Lipinski definition) is 2. The molecular formula is C13H26N2S2. The van der Waals surface area contributed by atoms with Crippen LogP contribution in [0.5, 0.6) is 0 Å². The second-order valence-corrected chi connectivity index (χ2v) is 6.40. The standard InChI is InChI=1S/C12H23N.CH3NS2/c1-3-7-11(8-4-1)13-12-9-5-2-6-10-12;2-1(3)4/h11-13H,1-10H2;(H3,2,3,4). The van der Waals surface area contributed by atoms with Crippen molar-refractivity contribution >= 4 is 29.2 Å². The van der Waals surface area contributed by atoms with Crippen molar-refractivity contribution in [3.63, 3.8) is 0 Å². The first-order chi connectivity index (χ1) is 8.18. The summed E-state index contributed by atoms with van der Waals surface area (Å²) >= 11 is 7.65. The van der Waals surface area contributed by atoms with Crippen molar-refractivity contribution in [2.45, 2.75) is 76.3 Å². The van der Waals surface area contributed by atoms with E-state index in [-0.39, 0.29) is 4.32 Å². The van der Waals surface area contributed by atoms with Crippen LogP contribution in [0.3, 0.4) is 0 Å². The largest absolute Gasteiger partial charge is 0.385 e. The van der Waals surface area contributed by atoms with Crippen LogP contribution in [0.4, 0.5) is 0 Å². The molecule has 2 aliphatic carbocycles. The third-order valence-corrected chi connectivity index (χ3v) is 3.68. The highest BCUT2D eigenvalue weighted by molar-refractivity contribution is 8.10. The maximum Gasteiger partial charge on any atom is 0.128 e. The summed E-state index contributed by atoms with van der Waals surface area (Å²) in [5.74, 6) is 0. The van der Waals surface area contributed by atoms with Gasteiger partial charge in [-0.15, -0.1) is 12.6 Å². The maximum absolute atomic E-state index is 4.71. The Kier molecular flexibility index (Phi) is 8.23. The normalized spacial score (nSPS) is 22.6. The van der Waals surface area contributed by atoms with E-state index in [4.69, 9.17) is 5.73 Å². The van der Waals surface area contributed by atoms with Gasteiger partial charge in [0.1, 0.15) is 4.32 Å². The average Bonchev–Trinajstić information content (AvgIpc) is 2.31. The lowest BCUT2D eigenvalue weighted by Crippen LogP contribution is -2.40. The third kappa shape index (κ3) is 8.01. The molecule has 3 N–H and O–H groups in total. The zero-order chi connectivity index (χ0) is 12.5.